The second-order valence-corrected chi connectivity index (χ2v) is 1.47. The van der Waals surface area contributed by atoms with Crippen molar-refractivity contribution in [2.75, 3.05) is 0 Å². The Labute approximate surface area is 44.4 Å². The van der Waals surface area contributed by atoms with Gasteiger partial charge in [0.25, 0.3) is 0 Å². The van der Waals surface area contributed by atoms with Crippen LogP contribution in [0.25, 0.3) is 0 Å². The van der Waals surface area contributed by atoms with Gasteiger partial charge in [0.2, 0.25) is 0 Å². The Morgan fingerprint density at radius 1 is 1.86 bits per heavy atom. The summed E-state index contributed by atoms with van der Waals surface area (Å²) in [6.45, 7) is 1.90. The quantitative estimate of drug-likeness (QED) is 0.506. The van der Waals surface area contributed by atoms with Crippen molar-refractivity contribution in [2.24, 2.45) is 0 Å². The lowest BCUT2D eigenvalue weighted by atomic mass is 10.2. The molecular formula is C6H10O. The Kier molecular flexibility index (Phi) is 3.45. The second kappa shape index (κ2) is 3.70. The van der Waals surface area contributed by atoms with E-state index in [-0.39, 0.29) is 6.10 Å². The van der Waals surface area contributed by atoms with Crippen LogP contribution in [0.15, 0.2) is 0 Å². The Bertz CT molecular complexity index is 70.7. The van der Waals surface area contributed by atoms with Crippen LogP contribution in [0.1, 0.15) is 19.8 Å². The van der Waals surface area contributed by atoms with Crippen LogP contribution in [-0.2, 0) is 0 Å². The van der Waals surface area contributed by atoms with Gasteiger partial charge in [-0.3, -0.25) is 0 Å². The van der Waals surface area contributed by atoms with Crippen LogP contribution in [0, 0.1) is 12.3 Å². The van der Waals surface area contributed by atoms with Gasteiger partial charge in [-0.25, -0.2) is 0 Å². The van der Waals surface area contributed by atoms with Crippen molar-refractivity contribution in [1.29, 1.82) is 0 Å². The monoisotopic (exact) mass is 98.1 g/mol. The summed E-state index contributed by atoms with van der Waals surface area (Å²) in [4.78, 5) is 0. The summed E-state index contributed by atoms with van der Waals surface area (Å²) in [5, 5.41) is 8.72. The van der Waals surface area contributed by atoms with Crippen molar-refractivity contribution in [3.63, 3.8) is 0 Å². The van der Waals surface area contributed by atoms with Crippen molar-refractivity contribution in [3.05, 3.63) is 0 Å². The molecule has 0 aliphatic heterocycles. The maximum absolute atomic E-state index is 8.72. The Balaban J connectivity index is 3.03. The molecule has 0 aromatic heterocycles. The van der Waals surface area contributed by atoms with Crippen molar-refractivity contribution < 1.29 is 5.11 Å². The van der Waals surface area contributed by atoms with E-state index < -0.39 is 0 Å². The van der Waals surface area contributed by atoms with Crippen LogP contribution in [0.4, 0.5) is 0 Å². The maximum Gasteiger partial charge on any atom is 0.0646 e. The van der Waals surface area contributed by atoms with Gasteiger partial charge in [-0.1, -0.05) is 6.92 Å². The SMILES string of the molecule is C#CC[C@H](O)CC. The lowest BCUT2D eigenvalue weighted by Crippen LogP contribution is -2.00. The average molecular weight is 98.1 g/mol. The molecule has 1 heteroatoms. The van der Waals surface area contributed by atoms with E-state index in [1.165, 1.54) is 0 Å². The van der Waals surface area contributed by atoms with Gasteiger partial charge in [-0.15, -0.1) is 12.3 Å². The summed E-state index contributed by atoms with van der Waals surface area (Å²) in [5.41, 5.74) is 0. The first-order valence-corrected chi connectivity index (χ1v) is 2.42. The molecule has 0 amide bonds. The van der Waals surface area contributed by atoms with Crippen LogP contribution in [0.2, 0.25) is 0 Å². The third-order valence-corrected chi connectivity index (χ3v) is 0.825. The fourth-order valence-corrected chi connectivity index (χ4v) is 0.280. The number of terminal acetylenes is 1. The van der Waals surface area contributed by atoms with Crippen LogP contribution < -0.4 is 0 Å². The molecule has 7 heavy (non-hydrogen) atoms. The van der Waals surface area contributed by atoms with Crippen LogP contribution >= 0.6 is 0 Å². The molecule has 0 unspecified atom stereocenters. The van der Waals surface area contributed by atoms with Crippen LogP contribution in [0.5, 0.6) is 0 Å². The summed E-state index contributed by atoms with van der Waals surface area (Å²) in [6, 6.07) is 0. The molecule has 0 aromatic carbocycles. The van der Waals surface area contributed by atoms with E-state index >= 15 is 0 Å². The lowest BCUT2D eigenvalue weighted by molar-refractivity contribution is 0.176. The minimum Gasteiger partial charge on any atom is -0.392 e. The fraction of sp³-hybridized carbons (Fsp3) is 0.667. The summed E-state index contributed by atoms with van der Waals surface area (Å²) in [5.74, 6) is 2.37. The Hall–Kier alpha value is -0.480. The second-order valence-electron chi connectivity index (χ2n) is 1.47. The van der Waals surface area contributed by atoms with Gasteiger partial charge in [-0.05, 0) is 6.42 Å². The van der Waals surface area contributed by atoms with E-state index in [2.05, 4.69) is 5.92 Å². The fourth-order valence-electron chi connectivity index (χ4n) is 0.280. The standard InChI is InChI=1S/C6H10O/c1-3-5-6(7)4-2/h1,6-7H,4-5H2,2H3/t6-/m1/s1. The highest BCUT2D eigenvalue weighted by atomic mass is 16.3. The minimum atomic E-state index is -0.287. The third-order valence-electron chi connectivity index (χ3n) is 0.825. The predicted octanol–water partition coefficient (Wildman–Crippen LogP) is 0.781. The van der Waals surface area contributed by atoms with Crippen molar-refractivity contribution in [1.82, 2.24) is 0 Å². The summed E-state index contributed by atoms with van der Waals surface area (Å²) in [7, 11) is 0. The van der Waals surface area contributed by atoms with Crippen LogP contribution in [-0.4, -0.2) is 11.2 Å². The molecule has 0 saturated carbocycles. The van der Waals surface area contributed by atoms with Gasteiger partial charge in [0.15, 0.2) is 0 Å². The summed E-state index contributed by atoms with van der Waals surface area (Å²) < 4.78 is 0. The van der Waals surface area contributed by atoms with Gasteiger partial charge in [0, 0.05) is 6.42 Å². The number of aliphatic hydroxyl groups is 1. The largest absolute Gasteiger partial charge is 0.392 e. The summed E-state index contributed by atoms with van der Waals surface area (Å²) in [6.07, 6.45) is 5.84. The normalized spacial score (nSPS) is 12.7. The van der Waals surface area contributed by atoms with E-state index in [1.807, 2.05) is 6.92 Å². The number of aliphatic hydroxyl groups excluding tert-OH is 1. The molecule has 0 saturated heterocycles. The number of hydrogen-bond acceptors (Lipinski definition) is 1. The molecule has 0 aliphatic carbocycles. The highest BCUT2D eigenvalue weighted by Gasteiger charge is 1.93. The Morgan fingerprint density at radius 2 is 2.43 bits per heavy atom. The highest BCUT2D eigenvalue weighted by Crippen LogP contribution is 1.92. The van der Waals surface area contributed by atoms with Crippen LogP contribution in [0.3, 0.4) is 0 Å². The van der Waals surface area contributed by atoms with Crippen molar-refractivity contribution >= 4 is 0 Å². The van der Waals surface area contributed by atoms with Gasteiger partial charge in [-0.2, -0.15) is 0 Å². The van der Waals surface area contributed by atoms with E-state index in [1.54, 1.807) is 0 Å². The molecule has 0 fully saturated rings. The molecule has 0 aromatic rings. The first-order chi connectivity index (χ1) is 3.31. The third kappa shape index (κ3) is 3.35. The molecule has 0 heterocycles. The van der Waals surface area contributed by atoms with Gasteiger partial charge in [0.05, 0.1) is 6.10 Å². The van der Waals surface area contributed by atoms with E-state index in [9.17, 15) is 0 Å². The molecule has 1 N–H and O–H groups in total. The highest BCUT2D eigenvalue weighted by molar-refractivity contribution is 4.86. The molecular weight excluding hydrogens is 88.1 g/mol. The minimum absolute atomic E-state index is 0.287. The zero-order valence-corrected chi connectivity index (χ0v) is 4.52. The molecule has 0 rings (SSSR count). The average Bonchev–Trinajstić information content (AvgIpc) is 1.68. The zero-order chi connectivity index (χ0) is 5.70. The first kappa shape index (κ1) is 6.52. The van der Waals surface area contributed by atoms with E-state index in [0.29, 0.717) is 6.42 Å². The van der Waals surface area contributed by atoms with Gasteiger partial charge >= 0.3 is 0 Å². The maximum atomic E-state index is 8.72. The van der Waals surface area contributed by atoms with E-state index in [0.717, 1.165) is 6.42 Å². The molecule has 0 radical (unpaired) electrons. The number of hydrogen-bond donors (Lipinski definition) is 1. The molecule has 0 spiro atoms. The zero-order valence-electron chi connectivity index (χ0n) is 4.52. The Morgan fingerprint density at radius 3 is 2.57 bits per heavy atom. The molecule has 1 atom stereocenters. The lowest BCUT2D eigenvalue weighted by Gasteiger charge is -1.97. The first-order valence-electron chi connectivity index (χ1n) is 2.42. The van der Waals surface area contributed by atoms with E-state index in [4.69, 9.17) is 11.5 Å². The number of rotatable bonds is 2. The van der Waals surface area contributed by atoms with Crippen molar-refractivity contribution in [3.8, 4) is 12.3 Å². The molecule has 0 bridgehead atoms. The topological polar surface area (TPSA) is 20.2 Å². The van der Waals surface area contributed by atoms with Gasteiger partial charge < -0.3 is 5.11 Å². The molecule has 1 nitrogen and oxygen atoms in total. The molecule has 40 valence electrons. The van der Waals surface area contributed by atoms with Gasteiger partial charge in [0.1, 0.15) is 0 Å². The summed E-state index contributed by atoms with van der Waals surface area (Å²) >= 11 is 0. The van der Waals surface area contributed by atoms with Crippen molar-refractivity contribution in [2.45, 2.75) is 25.9 Å². The smallest absolute Gasteiger partial charge is 0.0646 e. The predicted molar refractivity (Wildman–Crippen MR) is 29.7 cm³/mol. The molecule has 0 aliphatic rings.